The van der Waals surface area contributed by atoms with Crippen LogP contribution in [-0.4, -0.2) is 12.1 Å². The average molecular weight is 302 g/mol. The van der Waals surface area contributed by atoms with Gasteiger partial charge in [-0.1, -0.05) is 26.0 Å². The summed E-state index contributed by atoms with van der Waals surface area (Å²) in [5.74, 6) is 0.849. The lowest BCUT2D eigenvalue weighted by Gasteiger charge is -2.21. The molecule has 0 aliphatic rings. The Hall–Kier alpha value is -1.94. The van der Waals surface area contributed by atoms with Crippen molar-refractivity contribution >= 4 is 0 Å². The van der Waals surface area contributed by atoms with E-state index in [-0.39, 0.29) is 11.9 Å². The van der Waals surface area contributed by atoms with Crippen molar-refractivity contribution < 1.29 is 9.13 Å². The Labute approximate surface area is 131 Å². The van der Waals surface area contributed by atoms with Gasteiger partial charge in [0.05, 0.1) is 7.11 Å². The highest BCUT2D eigenvalue weighted by Crippen LogP contribution is 2.24. The summed E-state index contributed by atoms with van der Waals surface area (Å²) < 4.78 is 18.5. The fourth-order valence-electron chi connectivity index (χ4n) is 2.49. The number of nitrogens with one attached hydrogen (secondary N) is 1. The summed E-state index contributed by atoms with van der Waals surface area (Å²) in [6, 6.07) is 8.87. The quantitative estimate of drug-likeness (QED) is 0.836. The number of benzene rings is 1. The van der Waals surface area contributed by atoms with Crippen molar-refractivity contribution in [3.05, 3.63) is 59.7 Å². The van der Waals surface area contributed by atoms with Gasteiger partial charge in [0.2, 0.25) is 0 Å². The minimum atomic E-state index is -0.286. The molecule has 2 rings (SSSR count). The van der Waals surface area contributed by atoms with Crippen molar-refractivity contribution in [3.8, 4) is 5.75 Å². The first kappa shape index (κ1) is 16.4. The van der Waals surface area contributed by atoms with Crippen LogP contribution in [0.3, 0.4) is 0 Å². The number of nitrogens with zero attached hydrogens (tertiary/aromatic N) is 1. The lowest BCUT2D eigenvalue weighted by Crippen LogP contribution is -2.23. The minimum Gasteiger partial charge on any atom is -0.496 e. The van der Waals surface area contributed by atoms with Gasteiger partial charge in [0.1, 0.15) is 11.6 Å². The van der Waals surface area contributed by atoms with Crippen molar-refractivity contribution in [3.63, 3.8) is 0 Å². The Morgan fingerprint density at radius 3 is 2.73 bits per heavy atom. The SMILES string of the molecule is COc1cc(F)ccc1CNC(CC(C)C)c1cccnc1. The molecular weight excluding hydrogens is 279 g/mol. The largest absolute Gasteiger partial charge is 0.496 e. The molecule has 3 nitrogen and oxygen atoms in total. The Balaban J connectivity index is 2.11. The fourth-order valence-corrected chi connectivity index (χ4v) is 2.49. The molecule has 0 aliphatic carbocycles. The first-order valence-corrected chi connectivity index (χ1v) is 7.56. The maximum Gasteiger partial charge on any atom is 0.126 e. The molecule has 0 saturated carbocycles. The number of hydrogen-bond acceptors (Lipinski definition) is 3. The van der Waals surface area contributed by atoms with Crippen molar-refractivity contribution in [1.82, 2.24) is 10.3 Å². The molecule has 0 fully saturated rings. The standard InChI is InChI=1S/C18H23FN2O/c1-13(2)9-17(14-5-4-8-20-11-14)21-12-15-6-7-16(19)10-18(15)22-3/h4-8,10-11,13,17,21H,9,12H2,1-3H3. The normalized spacial score (nSPS) is 12.4. The summed E-state index contributed by atoms with van der Waals surface area (Å²) in [4.78, 5) is 4.20. The minimum absolute atomic E-state index is 0.212. The van der Waals surface area contributed by atoms with Crippen LogP contribution in [0.4, 0.5) is 4.39 Å². The summed E-state index contributed by atoms with van der Waals surface area (Å²) in [5, 5.41) is 3.54. The molecule has 0 spiro atoms. The Morgan fingerprint density at radius 2 is 2.09 bits per heavy atom. The number of hydrogen-bond donors (Lipinski definition) is 1. The summed E-state index contributed by atoms with van der Waals surface area (Å²) in [5.41, 5.74) is 2.11. The monoisotopic (exact) mass is 302 g/mol. The molecule has 0 bridgehead atoms. The van der Waals surface area contributed by atoms with Crippen molar-refractivity contribution in [2.45, 2.75) is 32.9 Å². The average Bonchev–Trinajstić information content (AvgIpc) is 2.52. The van der Waals surface area contributed by atoms with Crippen LogP contribution in [0.5, 0.6) is 5.75 Å². The van der Waals surface area contributed by atoms with Crippen LogP contribution >= 0.6 is 0 Å². The van der Waals surface area contributed by atoms with E-state index >= 15 is 0 Å². The molecule has 1 aromatic carbocycles. The zero-order valence-corrected chi connectivity index (χ0v) is 13.3. The van der Waals surface area contributed by atoms with Crippen LogP contribution in [0.1, 0.15) is 37.4 Å². The lowest BCUT2D eigenvalue weighted by atomic mass is 9.98. The molecule has 0 radical (unpaired) electrons. The lowest BCUT2D eigenvalue weighted by molar-refractivity contribution is 0.394. The highest BCUT2D eigenvalue weighted by atomic mass is 19.1. The van der Waals surface area contributed by atoms with Gasteiger partial charge in [0, 0.05) is 36.6 Å². The van der Waals surface area contributed by atoms with Crippen LogP contribution < -0.4 is 10.1 Å². The van der Waals surface area contributed by atoms with E-state index in [1.54, 1.807) is 19.4 Å². The number of ether oxygens (including phenoxy) is 1. The van der Waals surface area contributed by atoms with Crippen LogP contribution in [0, 0.1) is 11.7 Å². The van der Waals surface area contributed by atoms with E-state index in [1.807, 2.05) is 12.3 Å². The molecule has 1 aromatic heterocycles. The van der Waals surface area contributed by atoms with Gasteiger partial charge in [-0.05, 0) is 30.0 Å². The molecular formula is C18H23FN2O. The summed E-state index contributed by atoms with van der Waals surface area (Å²) in [7, 11) is 1.56. The highest BCUT2D eigenvalue weighted by molar-refractivity contribution is 5.34. The Kier molecular flexibility index (Phi) is 5.90. The van der Waals surface area contributed by atoms with Crippen LogP contribution in [-0.2, 0) is 6.54 Å². The van der Waals surface area contributed by atoms with Gasteiger partial charge in [-0.25, -0.2) is 4.39 Å². The second kappa shape index (κ2) is 7.90. The smallest absolute Gasteiger partial charge is 0.126 e. The highest BCUT2D eigenvalue weighted by Gasteiger charge is 2.14. The zero-order valence-electron chi connectivity index (χ0n) is 13.3. The van der Waals surface area contributed by atoms with Gasteiger partial charge in [-0.15, -0.1) is 0 Å². The van der Waals surface area contributed by atoms with Crippen molar-refractivity contribution in [2.75, 3.05) is 7.11 Å². The van der Waals surface area contributed by atoms with Gasteiger partial charge in [0.25, 0.3) is 0 Å². The molecule has 4 heteroatoms. The Morgan fingerprint density at radius 1 is 1.27 bits per heavy atom. The van der Waals surface area contributed by atoms with Gasteiger partial charge in [-0.3, -0.25) is 4.98 Å². The van der Waals surface area contributed by atoms with E-state index in [2.05, 4.69) is 30.2 Å². The van der Waals surface area contributed by atoms with Crippen molar-refractivity contribution in [2.24, 2.45) is 5.92 Å². The van der Waals surface area contributed by atoms with Crippen LogP contribution in [0.25, 0.3) is 0 Å². The zero-order chi connectivity index (χ0) is 15.9. The van der Waals surface area contributed by atoms with Gasteiger partial charge in [-0.2, -0.15) is 0 Å². The molecule has 0 saturated heterocycles. The molecule has 1 heterocycles. The first-order chi connectivity index (χ1) is 10.6. The molecule has 1 atom stereocenters. The molecule has 1 N–H and O–H groups in total. The van der Waals surface area contributed by atoms with Gasteiger partial charge < -0.3 is 10.1 Å². The summed E-state index contributed by atoms with van der Waals surface area (Å²) >= 11 is 0. The van der Waals surface area contributed by atoms with E-state index in [4.69, 9.17) is 4.74 Å². The maximum atomic E-state index is 13.3. The summed E-state index contributed by atoms with van der Waals surface area (Å²) in [6.07, 6.45) is 4.68. The van der Waals surface area contributed by atoms with Crippen LogP contribution in [0.2, 0.25) is 0 Å². The van der Waals surface area contributed by atoms with Gasteiger partial charge >= 0.3 is 0 Å². The fraction of sp³-hybridized carbons (Fsp3) is 0.389. The predicted octanol–water partition coefficient (Wildman–Crippen LogP) is 4.11. The molecule has 0 aliphatic heterocycles. The second-order valence-corrected chi connectivity index (χ2v) is 5.81. The number of rotatable bonds is 7. The van der Waals surface area contributed by atoms with E-state index in [0.29, 0.717) is 18.2 Å². The third-order valence-corrected chi connectivity index (χ3v) is 3.58. The molecule has 1 unspecified atom stereocenters. The molecule has 118 valence electrons. The van der Waals surface area contributed by atoms with E-state index in [1.165, 1.54) is 12.1 Å². The van der Waals surface area contributed by atoms with Crippen LogP contribution in [0.15, 0.2) is 42.7 Å². The van der Waals surface area contributed by atoms with E-state index in [9.17, 15) is 4.39 Å². The van der Waals surface area contributed by atoms with Crippen molar-refractivity contribution in [1.29, 1.82) is 0 Å². The number of methoxy groups -OCH3 is 1. The molecule has 2 aromatic rings. The number of halogens is 1. The third kappa shape index (κ3) is 4.53. The maximum absolute atomic E-state index is 13.3. The predicted molar refractivity (Wildman–Crippen MR) is 86.2 cm³/mol. The molecule has 22 heavy (non-hydrogen) atoms. The second-order valence-electron chi connectivity index (χ2n) is 5.81. The summed E-state index contributed by atoms with van der Waals surface area (Å²) in [6.45, 7) is 5.02. The van der Waals surface area contributed by atoms with E-state index < -0.39 is 0 Å². The number of pyridine rings is 1. The first-order valence-electron chi connectivity index (χ1n) is 7.56. The number of aromatic nitrogens is 1. The third-order valence-electron chi connectivity index (χ3n) is 3.58. The Bertz CT molecular complexity index is 587. The topological polar surface area (TPSA) is 34.1 Å². The van der Waals surface area contributed by atoms with E-state index in [0.717, 1.165) is 17.5 Å². The molecule has 0 amide bonds. The van der Waals surface area contributed by atoms with Gasteiger partial charge in [0.15, 0.2) is 0 Å².